The van der Waals surface area contributed by atoms with Crippen LogP contribution in [0, 0.1) is 0 Å². The fourth-order valence-corrected chi connectivity index (χ4v) is 2.56. The van der Waals surface area contributed by atoms with E-state index in [1.165, 1.54) is 0 Å². The van der Waals surface area contributed by atoms with E-state index in [0.29, 0.717) is 18.5 Å². The number of hydrogen-bond acceptors (Lipinski definition) is 3. The SMILES string of the molecule is CCc1nn(C)cc1C(=O)NCC(CCO)c1ccccc1. The predicted octanol–water partition coefficient (Wildman–Crippen LogP) is 1.88. The Labute approximate surface area is 131 Å². The molecule has 1 heterocycles. The molecule has 1 amide bonds. The quantitative estimate of drug-likeness (QED) is 0.820. The molecule has 2 aromatic rings. The van der Waals surface area contributed by atoms with E-state index in [1.807, 2.05) is 44.3 Å². The number of hydrogen-bond donors (Lipinski definition) is 2. The molecule has 0 fully saturated rings. The molecule has 2 rings (SSSR count). The fraction of sp³-hybridized carbons (Fsp3) is 0.412. The highest BCUT2D eigenvalue weighted by atomic mass is 16.3. The third-order valence-electron chi connectivity index (χ3n) is 3.74. The van der Waals surface area contributed by atoms with Gasteiger partial charge in [0.2, 0.25) is 0 Å². The molecule has 0 aliphatic rings. The van der Waals surface area contributed by atoms with Crippen LogP contribution in [0.3, 0.4) is 0 Å². The van der Waals surface area contributed by atoms with Gasteiger partial charge in [0.1, 0.15) is 0 Å². The lowest BCUT2D eigenvalue weighted by atomic mass is 9.96. The van der Waals surface area contributed by atoms with Crippen molar-refractivity contribution in [1.29, 1.82) is 0 Å². The van der Waals surface area contributed by atoms with Crippen molar-refractivity contribution in [1.82, 2.24) is 15.1 Å². The lowest BCUT2D eigenvalue weighted by molar-refractivity contribution is 0.0948. The number of carbonyl (C=O) groups is 1. The number of amides is 1. The number of rotatable bonds is 7. The first kappa shape index (κ1) is 16.2. The number of nitrogens with one attached hydrogen (secondary N) is 1. The summed E-state index contributed by atoms with van der Waals surface area (Å²) in [6.07, 6.45) is 3.10. The maximum Gasteiger partial charge on any atom is 0.254 e. The zero-order valence-corrected chi connectivity index (χ0v) is 13.1. The van der Waals surface area contributed by atoms with Crippen molar-refractivity contribution >= 4 is 5.91 Å². The number of aliphatic hydroxyl groups excluding tert-OH is 1. The fourth-order valence-electron chi connectivity index (χ4n) is 2.56. The van der Waals surface area contributed by atoms with Gasteiger partial charge >= 0.3 is 0 Å². The first-order valence-corrected chi connectivity index (χ1v) is 7.62. The molecule has 0 aliphatic carbocycles. The smallest absolute Gasteiger partial charge is 0.254 e. The molecule has 0 bridgehead atoms. The molecular weight excluding hydrogens is 278 g/mol. The number of aryl methyl sites for hydroxylation is 2. The van der Waals surface area contributed by atoms with Gasteiger partial charge in [-0.1, -0.05) is 37.3 Å². The van der Waals surface area contributed by atoms with Gasteiger partial charge in [0.15, 0.2) is 0 Å². The normalized spacial score (nSPS) is 12.1. The van der Waals surface area contributed by atoms with E-state index in [4.69, 9.17) is 0 Å². The maximum atomic E-state index is 12.4. The molecule has 1 unspecified atom stereocenters. The molecule has 0 spiro atoms. The highest BCUT2D eigenvalue weighted by Gasteiger charge is 2.17. The summed E-state index contributed by atoms with van der Waals surface area (Å²) in [5, 5.41) is 16.5. The highest BCUT2D eigenvalue weighted by Crippen LogP contribution is 2.18. The van der Waals surface area contributed by atoms with E-state index in [2.05, 4.69) is 10.4 Å². The van der Waals surface area contributed by atoms with Crippen molar-refractivity contribution in [3.8, 4) is 0 Å². The minimum atomic E-state index is -0.108. The summed E-state index contributed by atoms with van der Waals surface area (Å²) in [6, 6.07) is 9.94. The van der Waals surface area contributed by atoms with Crippen molar-refractivity contribution in [3.63, 3.8) is 0 Å². The zero-order chi connectivity index (χ0) is 15.9. The second kappa shape index (κ2) is 7.75. The van der Waals surface area contributed by atoms with E-state index in [1.54, 1.807) is 10.9 Å². The Balaban J connectivity index is 2.04. The lowest BCUT2D eigenvalue weighted by Crippen LogP contribution is -2.29. The third kappa shape index (κ3) is 3.95. The van der Waals surface area contributed by atoms with E-state index in [-0.39, 0.29) is 18.4 Å². The number of aliphatic hydroxyl groups is 1. The standard InChI is InChI=1S/C17H23N3O2/c1-3-16-15(12-20(2)19-16)17(22)18-11-14(9-10-21)13-7-5-4-6-8-13/h4-8,12,14,21H,3,9-11H2,1-2H3,(H,18,22). The molecule has 5 nitrogen and oxygen atoms in total. The van der Waals surface area contributed by atoms with Gasteiger partial charge in [0.25, 0.3) is 5.91 Å². The second-order valence-corrected chi connectivity index (χ2v) is 5.35. The lowest BCUT2D eigenvalue weighted by Gasteiger charge is -2.17. The molecule has 0 saturated carbocycles. The first-order chi connectivity index (χ1) is 10.7. The summed E-state index contributed by atoms with van der Waals surface area (Å²) < 4.78 is 1.66. The van der Waals surface area contributed by atoms with Crippen molar-refractivity contribution in [2.24, 2.45) is 7.05 Å². The van der Waals surface area contributed by atoms with Crippen LogP contribution in [-0.2, 0) is 13.5 Å². The molecule has 0 radical (unpaired) electrons. The largest absolute Gasteiger partial charge is 0.396 e. The van der Waals surface area contributed by atoms with Crippen LogP contribution in [0.25, 0.3) is 0 Å². The maximum absolute atomic E-state index is 12.4. The van der Waals surface area contributed by atoms with Gasteiger partial charge in [-0.05, 0) is 18.4 Å². The van der Waals surface area contributed by atoms with Gasteiger partial charge in [-0.15, -0.1) is 0 Å². The first-order valence-electron chi connectivity index (χ1n) is 7.62. The van der Waals surface area contributed by atoms with Crippen LogP contribution in [0.4, 0.5) is 0 Å². The van der Waals surface area contributed by atoms with E-state index >= 15 is 0 Å². The zero-order valence-electron chi connectivity index (χ0n) is 13.1. The molecule has 0 aliphatic heterocycles. The third-order valence-corrected chi connectivity index (χ3v) is 3.74. The minimum Gasteiger partial charge on any atom is -0.396 e. The van der Waals surface area contributed by atoms with E-state index in [0.717, 1.165) is 17.7 Å². The summed E-state index contributed by atoms with van der Waals surface area (Å²) in [4.78, 5) is 12.4. The van der Waals surface area contributed by atoms with Crippen molar-refractivity contribution in [2.75, 3.05) is 13.2 Å². The van der Waals surface area contributed by atoms with Crippen LogP contribution in [0.15, 0.2) is 36.5 Å². The van der Waals surface area contributed by atoms with E-state index < -0.39 is 0 Å². The van der Waals surface area contributed by atoms with Gasteiger partial charge in [-0.2, -0.15) is 5.10 Å². The van der Waals surface area contributed by atoms with Gasteiger partial charge in [0.05, 0.1) is 11.3 Å². The Bertz CT molecular complexity index is 608. The summed E-state index contributed by atoms with van der Waals surface area (Å²) in [5.41, 5.74) is 2.55. The highest BCUT2D eigenvalue weighted by molar-refractivity contribution is 5.95. The van der Waals surface area contributed by atoms with Crippen molar-refractivity contribution in [2.45, 2.75) is 25.7 Å². The number of benzene rings is 1. The van der Waals surface area contributed by atoms with E-state index in [9.17, 15) is 9.90 Å². The van der Waals surface area contributed by atoms with Gasteiger partial charge < -0.3 is 10.4 Å². The Morgan fingerprint density at radius 3 is 2.73 bits per heavy atom. The minimum absolute atomic E-state index is 0.0997. The average molecular weight is 301 g/mol. The van der Waals surface area contributed by atoms with Gasteiger partial charge in [-0.25, -0.2) is 0 Å². The Kier molecular flexibility index (Phi) is 5.72. The Morgan fingerprint density at radius 2 is 2.09 bits per heavy atom. The molecule has 118 valence electrons. The second-order valence-electron chi connectivity index (χ2n) is 5.35. The molecular formula is C17H23N3O2. The van der Waals surface area contributed by atoms with Crippen LogP contribution >= 0.6 is 0 Å². The molecule has 0 saturated heterocycles. The number of aromatic nitrogens is 2. The van der Waals surface area contributed by atoms with Crippen LogP contribution < -0.4 is 5.32 Å². The number of nitrogens with zero attached hydrogens (tertiary/aromatic N) is 2. The topological polar surface area (TPSA) is 67.2 Å². The molecule has 1 atom stereocenters. The monoisotopic (exact) mass is 301 g/mol. The molecule has 5 heteroatoms. The molecule has 1 aromatic carbocycles. The van der Waals surface area contributed by atoms with Crippen LogP contribution in [0.2, 0.25) is 0 Å². The molecule has 2 N–H and O–H groups in total. The molecule has 1 aromatic heterocycles. The summed E-state index contributed by atoms with van der Waals surface area (Å²) in [6.45, 7) is 2.58. The van der Waals surface area contributed by atoms with Crippen molar-refractivity contribution < 1.29 is 9.90 Å². The predicted molar refractivity (Wildman–Crippen MR) is 85.8 cm³/mol. The summed E-state index contributed by atoms with van der Waals surface area (Å²) >= 11 is 0. The Hall–Kier alpha value is -2.14. The average Bonchev–Trinajstić information content (AvgIpc) is 2.93. The van der Waals surface area contributed by atoms with Crippen LogP contribution in [0.5, 0.6) is 0 Å². The van der Waals surface area contributed by atoms with Crippen LogP contribution in [-0.4, -0.2) is 33.9 Å². The number of carbonyl (C=O) groups excluding carboxylic acids is 1. The summed E-state index contributed by atoms with van der Waals surface area (Å²) in [5.74, 6) is 0.000666. The van der Waals surface area contributed by atoms with Gasteiger partial charge in [-0.3, -0.25) is 9.48 Å². The van der Waals surface area contributed by atoms with Crippen molar-refractivity contribution in [3.05, 3.63) is 53.3 Å². The van der Waals surface area contributed by atoms with Crippen LogP contribution in [0.1, 0.15) is 40.9 Å². The molecule has 22 heavy (non-hydrogen) atoms. The van der Waals surface area contributed by atoms with Gasteiger partial charge in [0, 0.05) is 32.3 Å². The Morgan fingerprint density at radius 1 is 1.36 bits per heavy atom. The summed E-state index contributed by atoms with van der Waals surface area (Å²) in [7, 11) is 1.81.